The molecule has 2 aliphatic rings. The van der Waals surface area contributed by atoms with E-state index >= 15 is 0 Å². The lowest BCUT2D eigenvalue weighted by atomic mass is 9.76. The highest BCUT2D eigenvalue weighted by atomic mass is 35.5. The number of nitrogens with zero attached hydrogens (tertiary/aromatic N) is 3. The Kier molecular flexibility index (Phi) is 5.41. The number of amides is 1. The first kappa shape index (κ1) is 21.3. The molecule has 8 heteroatoms. The lowest BCUT2D eigenvalue weighted by Crippen LogP contribution is -2.28. The quantitative estimate of drug-likeness (QED) is 0.393. The van der Waals surface area contributed by atoms with E-state index in [1.165, 1.54) is 6.33 Å². The molecule has 160 valence electrons. The molecule has 2 aromatic heterocycles. The molecule has 1 saturated heterocycles. The zero-order chi connectivity index (χ0) is 21.7. The normalized spacial score (nSPS) is 20.7. The number of rotatable bonds is 6. The minimum absolute atomic E-state index is 0.0811. The third-order valence-electron chi connectivity index (χ3n) is 6.13. The fourth-order valence-electron chi connectivity index (χ4n) is 4.07. The van der Waals surface area contributed by atoms with Gasteiger partial charge < -0.3 is 14.6 Å². The Labute approximate surface area is 183 Å². The predicted molar refractivity (Wildman–Crippen MR) is 123 cm³/mol. The maximum atomic E-state index is 12.4. The number of ether oxygens (including phenoxy) is 1. The standard InChI is InChI=1S/C22H29ClN4O2Si/c1-22(2)16-7-6-14(10-17(16)26-21(22)28)18-11-15-19(23)24-12-25-20(15)27(18)13-29-8-9-30(3,4)5/h6,10-12,16H,7-9,13H2,1-5H3,(H,26,28). The van der Waals surface area contributed by atoms with Gasteiger partial charge >= 0.3 is 0 Å². The summed E-state index contributed by atoms with van der Waals surface area (Å²) in [6, 6.07) is 3.12. The Balaban J connectivity index is 1.67. The second-order valence-corrected chi connectivity index (χ2v) is 15.9. The maximum Gasteiger partial charge on any atom is 0.230 e. The molecule has 1 aliphatic carbocycles. The second kappa shape index (κ2) is 7.62. The van der Waals surface area contributed by atoms with Gasteiger partial charge in [-0.1, -0.05) is 51.2 Å². The smallest absolute Gasteiger partial charge is 0.230 e. The second-order valence-electron chi connectivity index (χ2n) is 9.93. The highest BCUT2D eigenvalue weighted by molar-refractivity contribution is 6.76. The lowest BCUT2D eigenvalue weighted by Gasteiger charge is -2.25. The Bertz CT molecular complexity index is 1070. The van der Waals surface area contributed by atoms with Crippen LogP contribution < -0.4 is 5.32 Å². The lowest BCUT2D eigenvalue weighted by molar-refractivity contribution is -0.127. The summed E-state index contributed by atoms with van der Waals surface area (Å²) in [6.45, 7) is 12.2. The fraction of sp³-hybridized carbons (Fsp3) is 0.500. The highest BCUT2D eigenvalue weighted by Gasteiger charge is 2.46. The minimum Gasteiger partial charge on any atom is -0.361 e. The Morgan fingerprint density at radius 1 is 1.33 bits per heavy atom. The molecule has 1 aliphatic heterocycles. The number of aromatic nitrogens is 3. The molecule has 0 saturated carbocycles. The molecule has 0 radical (unpaired) electrons. The van der Waals surface area contributed by atoms with Gasteiger partial charge in [0.25, 0.3) is 0 Å². The molecule has 0 bridgehead atoms. The van der Waals surface area contributed by atoms with Gasteiger partial charge in [-0.15, -0.1) is 0 Å². The Morgan fingerprint density at radius 3 is 2.83 bits per heavy atom. The molecule has 1 unspecified atom stereocenters. The van der Waals surface area contributed by atoms with Crippen LogP contribution >= 0.6 is 11.6 Å². The van der Waals surface area contributed by atoms with Crippen molar-refractivity contribution in [3.05, 3.63) is 41.1 Å². The molecule has 30 heavy (non-hydrogen) atoms. The van der Waals surface area contributed by atoms with Crippen LogP contribution in [0.3, 0.4) is 0 Å². The monoisotopic (exact) mass is 444 g/mol. The first-order valence-corrected chi connectivity index (χ1v) is 14.5. The van der Waals surface area contributed by atoms with Crippen LogP contribution in [-0.2, 0) is 16.3 Å². The van der Waals surface area contributed by atoms with E-state index < -0.39 is 13.5 Å². The third-order valence-corrected chi connectivity index (χ3v) is 8.13. The predicted octanol–water partition coefficient (Wildman–Crippen LogP) is 4.84. The fourth-order valence-corrected chi connectivity index (χ4v) is 5.01. The molecule has 4 rings (SSSR count). The van der Waals surface area contributed by atoms with E-state index in [4.69, 9.17) is 16.3 Å². The molecule has 1 N–H and O–H groups in total. The van der Waals surface area contributed by atoms with E-state index in [1.807, 2.05) is 19.9 Å². The maximum absolute atomic E-state index is 12.4. The first-order valence-electron chi connectivity index (χ1n) is 10.4. The molecular formula is C22H29ClN4O2Si. The molecule has 6 nitrogen and oxygen atoms in total. The zero-order valence-corrected chi connectivity index (χ0v) is 20.0. The summed E-state index contributed by atoms with van der Waals surface area (Å²) in [6.07, 6.45) is 6.57. The summed E-state index contributed by atoms with van der Waals surface area (Å²) < 4.78 is 8.10. The summed E-state index contributed by atoms with van der Waals surface area (Å²) >= 11 is 6.36. The van der Waals surface area contributed by atoms with Gasteiger partial charge in [0.15, 0.2) is 0 Å². The van der Waals surface area contributed by atoms with Crippen molar-refractivity contribution < 1.29 is 9.53 Å². The number of hydrogen-bond donors (Lipinski definition) is 1. The van der Waals surface area contributed by atoms with E-state index in [1.54, 1.807) is 0 Å². The summed E-state index contributed by atoms with van der Waals surface area (Å²) in [7, 11) is -1.16. The van der Waals surface area contributed by atoms with E-state index in [9.17, 15) is 4.79 Å². The molecule has 0 spiro atoms. The van der Waals surface area contributed by atoms with Gasteiger partial charge in [0.1, 0.15) is 23.9 Å². The minimum atomic E-state index is -1.16. The van der Waals surface area contributed by atoms with Crippen molar-refractivity contribution in [2.45, 2.75) is 52.7 Å². The number of hydrogen-bond acceptors (Lipinski definition) is 4. The van der Waals surface area contributed by atoms with Crippen LogP contribution in [0.1, 0.15) is 26.0 Å². The van der Waals surface area contributed by atoms with Crippen LogP contribution in [0, 0.1) is 11.3 Å². The molecule has 2 aromatic rings. The highest BCUT2D eigenvalue weighted by Crippen LogP contribution is 2.44. The molecule has 3 heterocycles. The first-order chi connectivity index (χ1) is 14.1. The van der Waals surface area contributed by atoms with E-state index in [0.717, 1.165) is 47.1 Å². The third kappa shape index (κ3) is 3.86. The topological polar surface area (TPSA) is 69.0 Å². The van der Waals surface area contributed by atoms with Gasteiger partial charge in [-0.3, -0.25) is 4.79 Å². The van der Waals surface area contributed by atoms with Gasteiger partial charge in [-0.05, 0) is 30.2 Å². The number of carbonyl (C=O) groups excluding carboxylic acids is 1. The zero-order valence-electron chi connectivity index (χ0n) is 18.3. The van der Waals surface area contributed by atoms with Crippen molar-refractivity contribution in [2.75, 3.05) is 6.61 Å². The Morgan fingerprint density at radius 2 is 2.10 bits per heavy atom. The van der Waals surface area contributed by atoms with E-state index in [2.05, 4.69) is 51.6 Å². The summed E-state index contributed by atoms with van der Waals surface area (Å²) in [5.41, 5.74) is 3.37. The van der Waals surface area contributed by atoms with Crippen LogP contribution in [0.5, 0.6) is 0 Å². The van der Waals surface area contributed by atoms with Gasteiger partial charge in [-0.2, -0.15) is 0 Å². The number of halogens is 1. The SMILES string of the molecule is CC1(C)C(=O)NC2=CC(c3cc4c(Cl)ncnc4n3COCC[Si](C)(C)C)=CCC21. The van der Waals surface area contributed by atoms with Crippen molar-refractivity contribution in [3.63, 3.8) is 0 Å². The molecule has 1 fully saturated rings. The van der Waals surface area contributed by atoms with Crippen molar-refractivity contribution >= 4 is 42.2 Å². The van der Waals surface area contributed by atoms with Gasteiger partial charge in [0.05, 0.1) is 16.5 Å². The summed E-state index contributed by atoms with van der Waals surface area (Å²) in [5.74, 6) is 0.264. The van der Waals surface area contributed by atoms with Crippen molar-refractivity contribution in [2.24, 2.45) is 11.3 Å². The van der Waals surface area contributed by atoms with Crippen LogP contribution in [0.2, 0.25) is 30.8 Å². The van der Waals surface area contributed by atoms with Crippen molar-refractivity contribution in [3.8, 4) is 0 Å². The number of nitrogens with one attached hydrogen (secondary N) is 1. The summed E-state index contributed by atoms with van der Waals surface area (Å²) in [4.78, 5) is 21.0. The van der Waals surface area contributed by atoms with E-state index in [0.29, 0.717) is 11.9 Å². The van der Waals surface area contributed by atoms with Gasteiger partial charge in [0.2, 0.25) is 5.91 Å². The van der Waals surface area contributed by atoms with Gasteiger partial charge in [-0.25, -0.2) is 9.97 Å². The van der Waals surface area contributed by atoms with Crippen LogP contribution in [0.4, 0.5) is 0 Å². The van der Waals surface area contributed by atoms with Crippen LogP contribution in [0.15, 0.2) is 30.2 Å². The number of fused-ring (bicyclic) bond motifs is 2. The van der Waals surface area contributed by atoms with Crippen LogP contribution in [0.25, 0.3) is 16.6 Å². The van der Waals surface area contributed by atoms with E-state index in [-0.39, 0.29) is 11.8 Å². The molecular weight excluding hydrogens is 416 g/mol. The average molecular weight is 445 g/mol. The largest absolute Gasteiger partial charge is 0.361 e. The average Bonchev–Trinajstić information content (AvgIpc) is 3.14. The summed E-state index contributed by atoms with van der Waals surface area (Å²) in [5, 5.41) is 4.31. The van der Waals surface area contributed by atoms with Crippen molar-refractivity contribution in [1.82, 2.24) is 19.9 Å². The molecule has 0 aromatic carbocycles. The van der Waals surface area contributed by atoms with Gasteiger partial charge in [0, 0.05) is 26.3 Å². The molecule has 1 atom stereocenters. The number of allylic oxidation sites excluding steroid dienone is 4. The number of carbonyl (C=O) groups is 1. The van der Waals surface area contributed by atoms with Crippen molar-refractivity contribution in [1.29, 1.82) is 0 Å². The Hall–Kier alpha value is -1.96. The van der Waals surface area contributed by atoms with Crippen LogP contribution in [-0.4, -0.2) is 35.1 Å². The molecule has 1 amide bonds.